The molecule has 56 valence electrons. The molecule has 0 radical (unpaired) electrons. The summed E-state index contributed by atoms with van der Waals surface area (Å²) in [7, 11) is 0. The SMILES string of the molecule is NC1=NC2NONC(N1)N2. The predicted octanol–water partition coefficient (Wildman–Crippen LogP) is -2.90. The van der Waals surface area contributed by atoms with Gasteiger partial charge in [-0.25, -0.2) is 15.2 Å². The first kappa shape index (κ1) is 5.86. The third-order valence-corrected chi connectivity index (χ3v) is 1.23. The van der Waals surface area contributed by atoms with Crippen LogP contribution in [0.4, 0.5) is 0 Å². The average molecular weight is 144 g/mol. The van der Waals surface area contributed by atoms with Crippen molar-refractivity contribution in [1.29, 1.82) is 0 Å². The highest BCUT2D eigenvalue weighted by Gasteiger charge is 2.24. The molecular weight excluding hydrogens is 136 g/mol. The molecule has 2 aliphatic rings. The van der Waals surface area contributed by atoms with E-state index in [4.69, 9.17) is 10.7 Å². The first-order valence-corrected chi connectivity index (χ1v) is 2.87. The van der Waals surface area contributed by atoms with E-state index in [1.165, 1.54) is 0 Å². The Bertz CT molecular complexity index is 168. The van der Waals surface area contributed by atoms with Crippen molar-refractivity contribution in [2.24, 2.45) is 10.7 Å². The molecule has 0 aromatic rings. The Morgan fingerprint density at radius 3 is 3.20 bits per heavy atom. The highest BCUT2D eigenvalue weighted by Crippen LogP contribution is 1.93. The molecule has 1 fully saturated rings. The van der Waals surface area contributed by atoms with Gasteiger partial charge < -0.3 is 11.1 Å². The minimum atomic E-state index is -0.257. The topological polar surface area (TPSA) is 95.7 Å². The highest BCUT2D eigenvalue weighted by molar-refractivity contribution is 5.78. The maximum atomic E-state index is 5.39. The molecule has 2 aliphatic heterocycles. The number of aliphatic imine (C=N–C) groups is 1. The number of rotatable bonds is 0. The van der Waals surface area contributed by atoms with Crippen LogP contribution >= 0.6 is 0 Å². The van der Waals surface area contributed by atoms with Gasteiger partial charge in [-0.2, -0.15) is 0 Å². The zero-order valence-electron chi connectivity index (χ0n) is 5.09. The first-order chi connectivity index (χ1) is 4.84. The zero-order chi connectivity index (χ0) is 6.97. The molecule has 0 saturated carbocycles. The van der Waals surface area contributed by atoms with Crippen LogP contribution in [0.15, 0.2) is 4.99 Å². The second-order valence-electron chi connectivity index (χ2n) is 2.00. The first-order valence-electron chi connectivity index (χ1n) is 2.87. The summed E-state index contributed by atoms with van der Waals surface area (Å²) >= 11 is 0. The summed E-state index contributed by atoms with van der Waals surface area (Å²) < 4.78 is 0. The number of hydrogen-bond donors (Lipinski definition) is 5. The van der Waals surface area contributed by atoms with Gasteiger partial charge in [0.25, 0.3) is 0 Å². The lowest BCUT2D eigenvalue weighted by molar-refractivity contribution is -0.130. The van der Waals surface area contributed by atoms with E-state index in [9.17, 15) is 0 Å². The van der Waals surface area contributed by atoms with Crippen LogP contribution in [0.1, 0.15) is 0 Å². The van der Waals surface area contributed by atoms with Gasteiger partial charge in [0.1, 0.15) is 0 Å². The Balaban J connectivity index is 2.14. The van der Waals surface area contributed by atoms with Crippen LogP contribution in [-0.2, 0) is 4.94 Å². The average Bonchev–Trinajstić information content (AvgIpc) is 1.85. The van der Waals surface area contributed by atoms with Crippen LogP contribution in [0.5, 0.6) is 0 Å². The van der Waals surface area contributed by atoms with Crippen LogP contribution in [0, 0.1) is 0 Å². The lowest BCUT2D eigenvalue weighted by Gasteiger charge is -2.34. The molecule has 0 aliphatic carbocycles. The number of guanidine groups is 1. The number of hydroxylamine groups is 2. The smallest absolute Gasteiger partial charge is 0.193 e. The Labute approximate surface area is 56.9 Å². The number of nitrogens with zero attached hydrogens (tertiary/aromatic N) is 1. The Morgan fingerprint density at radius 2 is 2.40 bits per heavy atom. The molecule has 0 aromatic carbocycles. The molecule has 7 heteroatoms. The van der Waals surface area contributed by atoms with Gasteiger partial charge in [-0.15, -0.1) is 11.0 Å². The molecule has 0 amide bonds. The predicted molar refractivity (Wildman–Crippen MR) is 32.8 cm³/mol. The van der Waals surface area contributed by atoms with E-state index in [1.807, 2.05) is 0 Å². The van der Waals surface area contributed by atoms with Crippen molar-refractivity contribution in [3.8, 4) is 0 Å². The Kier molecular flexibility index (Phi) is 1.21. The van der Waals surface area contributed by atoms with Crippen LogP contribution in [0.25, 0.3) is 0 Å². The fraction of sp³-hybridized carbons (Fsp3) is 0.667. The monoisotopic (exact) mass is 144 g/mol. The van der Waals surface area contributed by atoms with Gasteiger partial charge in [0.05, 0.1) is 0 Å². The minimum Gasteiger partial charge on any atom is -0.370 e. The van der Waals surface area contributed by atoms with Crippen molar-refractivity contribution in [3.05, 3.63) is 0 Å². The van der Waals surface area contributed by atoms with Gasteiger partial charge in [-0.3, -0.25) is 0 Å². The van der Waals surface area contributed by atoms with E-state index in [-0.39, 0.29) is 12.6 Å². The lowest BCUT2D eigenvalue weighted by atomic mass is 10.6. The van der Waals surface area contributed by atoms with Crippen molar-refractivity contribution in [2.45, 2.75) is 12.6 Å². The zero-order valence-corrected chi connectivity index (χ0v) is 5.09. The van der Waals surface area contributed by atoms with E-state index in [1.54, 1.807) is 0 Å². The van der Waals surface area contributed by atoms with Gasteiger partial charge in [0.2, 0.25) is 0 Å². The van der Waals surface area contributed by atoms with Crippen LogP contribution in [-0.4, -0.2) is 18.5 Å². The second kappa shape index (κ2) is 2.06. The normalized spacial score (nSPS) is 38.2. The van der Waals surface area contributed by atoms with Crippen molar-refractivity contribution >= 4 is 5.96 Å². The summed E-state index contributed by atoms with van der Waals surface area (Å²) in [6.45, 7) is 0. The van der Waals surface area contributed by atoms with Gasteiger partial charge in [-0.05, 0) is 0 Å². The van der Waals surface area contributed by atoms with E-state index in [0.717, 1.165) is 0 Å². The number of hydrogen-bond acceptors (Lipinski definition) is 7. The Morgan fingerprint density at radius 1 is 1.50 bits per heavy atom. The summed E-state index contributed by atoms with van der Waals surface area (Å²) in [4.78, 5) is 8.60. The van der Waals surface area contributed by atoms with Crippen LogP contribution < -0.4 is 27.3 Å². The third kappa shape index (κ3) is 0.907. The van der Waals surface area contributed by atoms with Crippen LogP contribution in [0.2, 0.25) is 0 Å². The quantitative estimate of drug-likeness (QED) is 0.250. The van der Waals surface area contributed by atoms with E-state index in [0.29, 0.717) is 5.96 Å². The molecule has 0 aromatic heterocycles. The van der Waals surface area contributed by atoms with Gasteiger partial charge in [0, 0.05) is 0 Å². The molecule has 6 N–H and O–H groups in total. The molecule has 1 saturated heterocycles. The standard InChI is InChI=1S/C3H8N6O/c4-1-5-2-7-3(6-1)9-10-8-2/h2-3,7-9H,(H3,4,5,6). The Hall–Kier alpha value is -0.890. The van der Waals surface area contributed by atoms with Crippen LogP contribution in [0.3, 0.4) is 0 Å². The molecule has 10 heavy (non-hydrogen) atoms. The summed E-state index contributed by atoms with van der Waals surface area (Å²) in [6.07, 6.45) is -0.420. The largest absolute Gasteiger partial charge is 0.370 e. The number of nitrogens with one attached hydrogen (secondary N) is 4. The molecule has 2 rings (SSSR count). The van der Waals surface area contributed by atoms with Gasteiger partial charge in [-0.1, -0.05) is 0 Å². The van der Waals surface area contributed by atoms with Gasteiger partial charge >= 0.3 is 0 Å². The lowest BCUT2D eigenvalue weighted by Crippen LogP contribution is -2.70. The van der Waals surface area contributed by atoms with Crippen molar-refractivity contribution in [1.82, 2.24) is 21.6 Å². The summed E-state index contributed by atoms with van der Waals surface area (Å²) in [5.74, 6) is 0.386. The van der Waals surface area contributed by atoms with Gasteiger partial charge in [0.15, 0.2) is 18.5 Å². The molecule has 0 spiro atoms. The molecule has 2 atom stereocenters. The summed E-state index contributed by atoms with van der Waals surface area (Å²) in [6, 6.07) is 0. The second-order valence-corrected chi connectivity index (χ2v) is 2.00. The number of nitrogens with two attached hydrogens (primary N) is 1. The van der Waals surface area contributed by atoms with Crippen molar-refractivity contribution in [3.63, 3.8) is 0 Å². The number of fused-ring (bicyclic) bond motifs is 2. The van der Waals surface area contributed by atoms with Crippen molar-refractivity contribution < 1.29 is 4.94 Å². The third-order valence-electron chi connectivity index (χ3n) is 1.23. The minimum absolute atomic E-state index is 0.163. The van der Waals surface area contributed by atoms with E-state index < -0.39 is 0 Å². The fourth-order valence-corrected chi connectivity index (χ4v) is 0.834. The molecule has 7 nitrogen and oxygen atoms in total. The molecule has 2 unspecified atom stereocenters. The fourth-order valence-electron chi connectivity index (χ4n) is 0.834. The summed E-state index contributed by atoms with van der Waals surface area (Å²) in [5.41, 5.74) is 10.5. The molecular formula is C3H8N6O. The molecule has 2 bridgehead atoms. The molecule has 2 heterocycles. The van der Waals surface area contributed by atoms with E-state index in [2.05, 4.69) is 26.6 Å². The van der Waals surface area contributed by atoms with E-state index >= 15 is 0 Å². The highest BCUT2D eigenvalue weighted by atomic mass is 16.8. The van der Waals surface area contributed by atoms with Crippen molar-refractivity contribution in [2.75, 3.05) is 0 Å². The summed E-state index contributed by atoms with van der Waals surface area (Å²) in [5, 5.41) is 5.75. The maximum absolute atomic E-state index is 5.39. The maximum Gasteiger partial charge on any atom is 0.193 e.